The van der Waals surface area contributed by atoms with Crippen LogP contribution in [-0.2, 0) is 14.8 Å². The van der Waals surface area contributed by atoms with Gasteiger partial charge in [0.05, 0.1) is 30.0 Å². The van der Waals surface area contributed by atoms with Crippen LogP contribution < -0.4 is 19.5 Å². The van der Waals surface area contributed by atoms with Crippen molar-refractivity contribution in [3.05, 3.63) is 72.3 Å². The van der Waals surface area contributed by atoms with Gasteiger partial charge in [0.25, 0.3) is 10.0 Å². The number of nitrogens with one attached hydrogen (secondary N) is 2. The van der Waals surface area contributed by atoms with Crippen LogP contribution in [0, 0.1) is 0 Å². The summed E-state index contributed by atoms with van der Waals surface area (Å²) in [5, 5.41) is 12.6. The Bertz CT molecular complexity index is 1310. The van der Waals surface area contributed by atoms with Crippen molar-refractivity contribution in [3.63, 3.8) is 0 Å². The van der Waals surface area contributed by atoms with Crippen LogP contribution in [0.25, 0.3) is 0 Å². The summed E-state index contributed by atoms with van der Waals surface area (Å²) in [5.74, 6) is -0.114. The molecular formula is C25H26N2O7S. The third kappa shape index (κ3) is 6.73. The summed E-state index contributed by atoms with van der Waals surface area (Å²) in [7, 11) is -2.63. The lowest BCUT2D eigenvalue weighted by atomic mass is 10.1. The second-order valence-electron chi connectivity index (χ2n) is 7.41. The molecule has 0 bridgehead atoms. The summed E-state index contributed by atoms with van der Waals surface area (Å²) in [6, 6.07) is 16.6. The Balaban J connectivity index is 1.66. The van der Waals surface area contributed by atoms with Gasteiger partial charge >= 0.3 is 0 Å². The largest absolute Gasteiger partial charge is 0.506 e. The molecule has 0 spiro atoms. The predicted molar refractivity (Wildman–Crippen MR) is 132 cm³/mol. The highest BCUT2D eigenvalue weighted by Crippen LogP contribution is 2.30. The lowest BCUT2D eigenvalue weighted by Gasteiger charge is -2.13. The fraction of sp³-hybridized carbons (Fsp3) is 0.200. The van der Waals surface area contributed by atoms with E-state index in [4.69, 9.17) is 9.47 Å². The molecule has 184 valence electrons. The lowest BCUT2D eigenvalue weighted by Crippen LogP contribution is -2.16. The third-order valence-electron chi connectivity index (χ3n) is 4.97. The first-order chi connectivity index (χ1) is 16.7. The molecule has 0 radical (unpaired) electrons. The van der Waals surface area contributed by atoms with Gasteiger partial charge in [-0.05, 0) is 61.5 Å². The molecule has 0 aliphatic rings. The standard InChI is InChI=1S/C25H26N2O7S/c1-3-34-18-10-8-17(9-11-18)22(28)14-15-25(30)26-21-16-19(12-13-23(21)29)35(31,32)27-20-6-4-5-7-24(20)33-2/h4-13,16,27,29H,3,14-15H2,1-2H3,(H,26,30). The van der Waals surface area contributed by atoms with E-state index in [0.29, 0.717) is 23.7 Å². The maximum absolute atomic E-state index is 12.8. The number of carbonyl (C=O) groups excluding carboxylic acids is 2. The van der Waals surface area contributed by atoms with Gasteiger partial charge in [0.15, 0.2) is 5.78 Å². The number of phenols is 1. The summed E-state index contributed by atoms with van der Waals surface area (Å²) in [6.07, 6.45) is -0.212. The molecule has 0 fully saturated rings. The molecule has 3 aromatic carbocycles. The summed E-state index contributed by atoms with van der Waals surface area (Å²) in [4.78, 5) is 24.6. The second kappa shape index (κ2) is 11.4. The number of methoxy groups -OCH3 is 1. The Labute approximate surface area is 203 Å². The third-order valence-corrected chi connectivity index (χ3v) is 6.33. The van der Waals surface area contributed by atoms with Crippen LogP contribution in [-0.4, -0.2) is 38.9 Å². The van der Waals surface area contributed by atoms with E-state index in [-0.39, 0.29) is 40.6 Å². The molecule has 35 heavy (non-hydrogen) atoms. The molecule has 3 rings (SSSR count). The average Bonchev–Trinajstić information content (AvgIpc) is 2.84. The number of phenolic OH excluding ortho intramolecular Hbond substituents is 1. The molecule has 0 atom stereocenters. The van der Waals surface area contributed by atoms with Gasteiger partial charge in [0.1, 0.15) is 17.2 Å². The van der Waals surface area contributed by atoms with Gasteiger partial charge < -0.3 is 19.9 Å². The number of para-hydroxylation sites is 2. The number of benzene rings is 3. The number of hydrogen-bond acceptors (Lipinski definition) is 7. The summed E-state index contributed by atoms with van der Waals surface area (Å²) in [5.41, 5.74) is 0.590. The van der Waals surface area contributed by atoms with Crippen LogP contribution in [0.3, 0.4) is 0 Å². The zero-order valence-electron chi connectivity index (χ0n) is 19.3. The van der Waals surface area contributed by atoms with Crippen LogP contribution in [0.2, 0.25) is 0 Å². The molecule has 9 nitrogen and oxygen atoms in total. The molecule has 0 saturated carbocycles. The number of Topliss-reactive ketones (excluding diaryl/α,β-unsaturated/α-hetero) is 1. The molecule has 0 aliphatic carbocycles. The van der Waals surface area contributed by atoms with Crippen LogP contribution in [0.15, 0.2) is 71.6 Å². The van der Waals surface area contributed by atoms with E-state index in [1.807, 2.05) is 6.92 Å². The Kier molecular flexibility index (Phi) is 8.32. The van der Waals surface area contributed by atoms with Crippen LogP contribution in [0.4, 0.5) is 11.4 Å². The number of carbonyl (C=O) groups is 2. The number of rotatable bonds is 11. The van der Waals surface area contributed by atoms with Crippen LogP contribution >= 0.6 is 0 Å². The van der Waals surface area contributed by atoms with Crippen molar-refractivity contribution in [1.82, 2.24) is 0 Å². The second-order valence-corrected chi connectivity index (χ2v) is 9.10. The van der Waals surface area contributed by atoms with Crippen LogP contribution in [0.5, 0.6) is 17.2 Å². The smallest absolute Gasteiger partial charge is 0.262 e. The summed E-state index contributed by atoms with van der Waals surface area (Å²) >= 11 is 0. The van der Waals surface area contributed by atoms with Gasteiger partial charge in [-0.2, -0.15) is 0 Å². The van der Waals surface area contributed by atoms with Gasteiger partial charge in [-0.15, -0.1) is 0 Å². The highest BCUT2D eigenvalue weighted by Gasteiger charge is 2.19. The monoisotopic (exact) mass is 498 g/mol. The average molecular weight is 499 g/mol. The maximum Gasteiger partial charge on any atom is 0.262 e. The molecule has 3 aromatic rings. The molecule has 10 heteroatoms. The van der Waals surface area contributed by atoms with Gasteiger partial charge in [0.2, 0.25) is 5.91 Å². The fourth-order valence-corrected chi connectivity index (χ4v) is 4.30. The SMILES string of the molecule is CCOc1ccc(C(=O)CCC(=O)Nc2cc(S(=O)(=O)Nc3ccccc3OC)ccc2O)cc1. The van der Waals surface area contributed by atoms with Crippen molar-refractivity contribution in [2.75, 3.05) is 23.8 Å². The minimum atomic E-state index is -4.05. The fourth-order valence-electron chi connectivity index (χ4n) is 3.20. The molecule has 0 saturated heterocycles. The molecule has 0 aliphatic heterocycles. The van der Waals surface area contributed by atoms with Crippen molar-refractivity contribution < 1.29 is 32.6 Å². The number of hydrogen-bond donors (Lipinski definition) is 3. The van der Waals surface area contributed by atoms with Gasteiger partial charge in [-0.3, -0.25) is 14.3 Å². The Hall–Kier alpha value is -4.05. The summed E-state index contributed by atoms with van der Waals surface area (Å²) < 4.78 is 38.6. The highest BCUT2D eigenvalue weighted by molar-refractivity contribution is 7.92. The van der Waals surface area contributed by atoms with E-state index >= 15 is 0 Å². The van der Waals surface area contributed by atoms with E-state index < -0.39 is 15.9 Å². The quantitative estimate of drug-likeness (QED) is 0.267. The number of anilines is 2. The number of amides is 1. The first-order valence-electron chi connectivity index (χ1n) is 10.8. The molecule has 0 heterocycles. The van der Waals surface area contributed by atoms with Crippen molar-refractivity contribution in [3.8, 4) is 17.2 Å². The molecule has 0 unspecified atom stereocenters. The number of ketones is 1. The molecule has 0 aromatic heterocycles. The predicted octanol–water partition coefficient (Wildman–Crippen LogP) is 4.20. The topological polar surface area (TPSA) is 131 Å². The molecular weight excluding hydrogens is 472 g/mol. The molecule has 1 amide bonds. The normalized spacial score (nSPS) is 10.9. The highest BCUT2D eigenvalue weighted by atomic mass is 32.2. The number of aromatic hydroxyl groups is 1. The Morgan fingerprint density at radius 3 is 2.34 bits per heavy atom. The van der Waals surface area contributed by atoms with Crippen molar-refractivity contribution in [1.29, 1.82) is 0 Å². The van der Waals surface area contributed by atoms with Gasteiger partial charge in [-0.1, -0.05) is 12.1 Å². The van der Waals surface area contributed by atoms with E-state index in [1.54, 1.807) is 48.5 Å². The first-order valence-corrected chi connectivity index (χ1v) is 12.3. The van der Waals surface area contributed by atoms with Crippen molar-refractivity contribution in [2.24, 2.45) is 0 Å². The zero-order valence-corrected chi connectivity index (χ0v) is 20.1. The summed E-state index contributed by atoms with van der Waals surface area (Å²) in [6.45, 7) is 2.37. The first kappa shape index (κ1) is 25.6. The van der Waals surface area contributed by atoms with Crippen molar-refractivity contribution >= 4 is 33.1 Å². The van der Waals surface area contributed by atoms with Gasteiger partial charge in [0, 0.05) is 18.4 Å². The number of ether oxygens (including phenoxy) is 2. The number of sulfonamides is 1. The zero-order chi connectivity index (χ0) is 25.4. The Morgan fingerprint density at radius 2 is 1.66 bits per heavy atom. The van der Waals surface area contributed by atoms with E-state index in [1.165, 1.54) is 13.2 Å². The molecule has 3 N–H and O–H groups in total. The van der Waals surface area contributed by atoms with E-state index in [2.05, 4.69) is 10.0 Å². The Morgan fingerprint density at radius 1 is 0.943 bits per heavy atom. The van der Waals surface area contributed by atoms with E-state index in [0.717, 1.165) is 12.1 Å². The van der Waals surface area contributed by atoms with Crippen molar-refractivity contribution in [2.45, 2.75) is 24.7 Å². The maximum atomic E-state index is 12.8. The van der Waals surface area contributed by atoms with Gasteiger partial charge in [-0.25, -0.2) is 8.42 Å². The minimum Gasteiger partial charge on any atom is -0.506 e. The lowest BCUT2D eigenvalue weighted by molar-refractivity contribution is -0.116. The minimum absolute atomic E-state index is 0.0616. The van der Waals surface area contributed by atoms with Crippen LogP contribution in [0.1, 0.15) is 30.1 Å². The van der Waals surface area contributed by atoms with E-state index in [9.17, 15) is 23.1 Å².